The molecular formula is C12H25NO5. The van der Waals surface area contributed by atoms with Crippen molar-refractivity contribution in [3.05, 3.63) is 0 Å². The van der Waals surface area contributed by atoms with Gasteiger partial charge in [-0.1, -0.05) is 0 Å². The van der Waals surface area contributed by atoms with Crippen LogP contribution in [0.15, 0.2) is 0 Å². The molecule has 1 saturated heterocycles. The van der Waals surface area contributed by atoms with Crippen molar-refractivity contribution >= 4 is 0 Å². The zero-order chi connectivity index (χ0) is 12.9. The molecule has 1 aliphatic rings. The average Bonchev–Trinajstić information content (AvgIpc) is 2.37. The summed E-state index contributed by atoms with van der Waals surface area (Å²) >= 11 is 0. The fourth-order valence-corrected chi connectivity index (χ4v) is 1.62. The lowest BCUT2D eigenvalue weighted by atomic mass is 10.4. The first-order valence-corrected chi connectivity index (χ1v) is 6.57. The number of rotatable bonds is 5. The molecule has 0 aromatic carbocycles. The van der Waals surface area contributed by atoms with Crippen LogP contribution in [-0.4, -0.2) is 89.1 Å². The molecule has 0 spiro atoms. The molecule has 0 saturated carbocycles. The fourth-order valence-electron chi connectivity index (χ4n) is 1.62. The molecule has 1 rings (SSSR count). The number of aliphatic hydroxyl groups is 1. The second kappa shape index (κ2) is 11.8. The second-order valence-corrected chi connectivity index (χ2v) is 4.01. The molecule has 108 valence electrons. The maximum Gasteiger partial charge on any atom is 0.0701 e. The standard InChI is InChI=1S/C12H25NO5/c14-4-8-15-5-1-13-2-6-16-9-11-18-12-10-17-7-3-13/h14H,1-12H2. The van der Waals surface area contributed by atoms with E-state index in [1.807, 2.05) is 0 Å². The largest absolute Gasteiger partial charge is 0.394 e. The fraction of sp³-hybridized carbons (Fsp3) is 1.00. The van der Waals surface area contributed by atoms with Crippen LogP contribution in [0, 0.1) is 0 Å². The van der Waals surface area contributed by atoms with E-state index < -0.39 is 0 Å². The first-order valence-electron chi connectivity index (χ1n) is 6.57. The molecule has 6 heteroatoms. The molecule has 1 aliphatic heterocycles. The number of ether oxygens (including phenoxy) is 4. The van der Waals surface area contributed by atoms with Crippen LogP contribution < -0.4 is 0 Å². The van der Waals surface area contributed by atoms with Gasteiger partial charge in [0.05, 0.1) is 59.5 Å². The summed E-state index contributed by atoms with van der Waals surface area (Å²) in [7, 11) is 0. The highest BCUT2D eigenvalue weighted by Crippen LogP contribution is 1.93. The normalized spacial score (nSPS) is 21.2. The molecule has 6 nitrogen and oxygen atoms in total. The van der Waals surface area contributed by atoms with E-state index in [1.165, 1.54) is 0 Å². The molecular weight excluding hydrogens is 238 g/mol. The monoisotopic (exact) mass is 263 g/mol. The van der Waals surface area contributed by atoms with Crippen molar-refractivity contribution in [2.75, 3.05) is 79.1 Å². The van der Waals surface area contributed by atoms with E-state index >= 15 is 0 Å². The van der Waals surface area contributed by atoms with E-state index in [0.717, 1.165) is 19.6 Å². The van der Waals surface area contributed by atoms with Crippen molar-refractivity contribution in [3.63, 3.8) is 0 Å². The van der Waals surface area contributed by atoms with Crippen molar-refractivity contribution in [3.8, 4) is 0 Å². The lowest BCUT2D eigenvalue weighted by Gasteiger charge is -2.22. The molecule has 1 N–H and O–H groups in total. The summed E-state index contributed by atoms with van der Waals surface area (Å²) in [5, 5.41) is 8.62. The summed E-state index contributed by atoms with van der Waals surface area (Å²) in [4.78, 5) is 2.25. The summed E-state index contributed by atoms with van der Waals surface area (Å²) in [5.74, 6) is 0. The van der Waals surface area contributed by atoms with Gasteiger partial charge in [-0.05, 0) is 0 Å². The third kappa shape index (κ3) is 8.79. The van der Waals surface area contributed by atoms with Crippen molar-refractivity contribution in [2.24, 2.45) is 0 Å². The SMILES string of the molecule is OCCOCCN1CCOCCOCCOCC1. The molecule has 18 heavy (non-hydrogen) atoms. The zero-order valence-corrected chi connectivity index (χ0v) is 11.0. The molecule has 0 unspecified atom stereocenters. The summed E-state index contributed by atoms with van der Waals surface area (Å²) in [6.45, 7) is 7.59. The maximum atomic E-state index is 8.62. The van der Waals surface area contributed by atoms with Gasteiger partial charge in [-0.3, -0.25) is 4.90 Å². The molecule has 0 aliphatic carbocycles. The Kier molecular flexibility index (Phi) is 10.4. The molecule has 0 atom stereocenters. The summed E-state index contributed by atoms with van der Waals surface area (Å²) in [6, 6.07) is 0. The van der Waals surface area contributed by atoms with Gasteiger partial charge in [-0.15, -0.1) is 0 Å². The third-order valence-electron chi connectivity index (χ3n) is 2.64. The quantitative estimate of drug-likeness (QED) is 0.666. The minimum Gasteiger partial charge on any atom is -0.394 e. The third-order valence-corrected chi connectivity index (χ3v) is 2.64. The Morgan fingerprint density at radius 3 is 1.94 bits per heavy atom. The van der Waals surface area contributed by atoms with Crippen LogP contribution in [0.5, 0.6) is 0 Å². The number of hydrogen-bond acceptors (Lipinski definition) is 6. The Balaban J connectivity index is 2.14. The van der Waals surface area contributed by atoms with Gasteiger partial charge in [-0.25, -0.2) is 0 Å². The van der Waals surface area contributed by atoms with Crippen LogP contribution in [0.2, 0.25) is 0 Å². The molecule has 0 amide bonds. The van der Waals surface area contributed by atoms with Gasteiger partial charge in [0.2, 0.25) is 0 Å². The van der Waals surface area contributed by atoms with E-state index in [4.69, 9.17) is 24.1 Å². The lowest BCUT2D eigenvalue weighted by molar-refractivity contribution is -0.0104. The first-order chi connectivity index (χ1) is 8.93. The van der Waals surface area contributed by atoms with Gasteiger partial charge in [0.15, 0.2) is 0 Å². The van der Waals surface area contributed by atoms with Crippen molar-refractivity contribution < 1.29 is 24.1 Å². The van der Waals surface area contributed by atoms with Crippen LogP contribution in [0.1, 0.15) is 0 Å². The molecule has 0 aromatic heterocycles. The topological polar surface area (TPSA) is 60.4 Å². The molecule has 0 radical (unpaired) electrons. The summed E-state index contributed by atoms with van der Waals surface area (Å²) < 4.78 is 21.5. The highest BCUT2D eigenvalue weighted by Gasteiger charge is 2.06. The number of nitrogens with zero attached hydrogens (tertiary/aromatic N) is 1. The van der Waals surface area contributed by atoms with Crippen LogP contribution >= 0.6 is 0 Å². The van der Waals surface area contributed by atoms with Gasteiger partial charge in [0, 0.05) is 19.6 Å². The smallest absolute Gasteiger partial charge is 0.0701 e. The molecule has 1 fully saturated rings. The van der Waals surface area contributed by atoms with Crippen molar-refractivity contribution in [1.29, 1.82) is 0 Å². The Hall–Kier alpha value is -0.240. The van der Waals surface area contributed by atoms with Crippen LogP contribution in [0.3, 0.4) is 0 Å². The van der Waals surface area contributed by atoms with E-state index in [-0.39, 0.29) is 6.61 Å². The predicted octanol–water partition coefficient (Wildman–Crippen LogP) is -0.639. The second-order valence-electron chi connectivity index (χ2n) is 4.01. The van der Waals surface area contributed by atoms with Gasteiger partial charge in [0.1, 0.15) is 0 Å². The van der Waals surface area contributed by atoms with Crippen LogP contribution in [0.4, 0.5) is 0 Å². The van der Waals surface area contributed by atoms with E-state index in [0.29, 0.717) is 52.9 Å². The average molecular weight is 263 g/mol. The maximum absolute atomic E-state index is 8.62. The van der Waals surface area contributed by atoms with Gasteiger partial charge in [0.25, 0.3) is 0 Å². The molecule has 0 aromatic rings. The van der Waals surface area contributed by atoms with Gasteiger partial charge < -0.3 is 24.1 Å². The Morgan fingerprint density at radius 1 is 0.833 bits per heavy atom. The minimum absolute atomic E-state index is 0.0756. The van der Waals surface area contributed by atoms with E-state index in [2.05, 4.69) is 4.90 Å². The Bertz CT molecular complexity index is 167. The number of aliphatic hydroxyl groups excluding tert-OH is 1. The van der Waals surface area contributed by atoms with Gasteiger partial charge >= 0.3 is 0 Å². The van der Waals surface area contributed by atoms with Gasteiger partial charge in [-0.2, -0.15) is 0 Å². The lowest BCUT2D eigenvalue weighted by Crippen LogP contribution is -2.35. The minimum atomic E-state index is 0.0756. The molecule has 1 heterocycles. The summed E-state index contributed by atoms with van der Waals surface area (Å²) in [6.07, 6.45) is 0. The Labute approximate surface area is 109 Å². The highest BCUT2D eigenvalue weighted by atomic mass is 16.5. The number of hydrogen-bond donors (Lipinski definition) is 1. The zero-order valence-electron chi connectivity index (χ0n) is 11.0. The van der Waals surface area contributed by atoms with E-state index in [1.54, 1.807) is 0 Å². The molecule has 0 bridgehead atoms. The first kappa shape index (κ1) is 15.8. The Morgan fingerprint density at radius 2 is 1.39 bits per heavy atom. The van der Waals surface area contributed by atoms with E-state index in [9.17, 15) is 0 Å². The van der Waals surface area contributed by atoms with Crippen molar-refractivity contribution in [1.82, 2.24) is 4.90 Å². The predicted molar refractivity (Wildman–Crippen MR) is 66.8 cm³/mol. The highest BCUT2D eigenvalue weighted by molar-refractivity contribution is 4.57. The van der Waals surface area contributed by atoms with Crippen LogP contribution in [-0.2, 0) is 18.9 Å². The summed E-state index contributed by atoms with van der Waals surface area (Å²) in [5.41, 5.74) is 0. The van der Waals surface area contributed by atoms with Crippen LogP contribution in [0.25, 0.3) is 0 Å². The van der Waals surface area contributed by atoms with Crippen molar-refractivity contribution in [2.45, 2.75) is 0 Å².